The molecule has 0 bridgehead atoms. The van der Waals surface area contributed by atoms with E-state index in [4.69, 9.17) is 16.3 Å². The van der Waals surface area contributed by atoms with Gasteiger partial charge in [0, 0.05) is 23.2 Å². The molecule has 2 aromatic carbocycles. The minimum Gasteiger partial charge on any atom is -0.489 e. The quantitative estimate of drug-likeness (QED) is 0.624. The second kappa shape index (κ2) is 5.82. The summed E-state index contributed by atoms with van der Waals surface area (Å²) in [5.41, 5.74) is 2.24. The molecule has 3 heteroatoms. The van der Waals surface area contributed by atoms with Crippen LogP contribution < -0.4 is 4.74 Å². The summed E-state index contributed by atoms with van der Waals surface area (Å²) in [6.07, 6.45) is 2.14. The third-order valence-electron chi connectivity index (χ3n) is 3.58. The molecule has 0 N–H and O–H groups in total. The fraction of sp³-hybridized carbons (Fsp3) is 0.222. The van der Waals surface area contributed by atoms with E-state index in [0.29, 0.717) is 12.6 Å². The molecule has 3 rings (SSSR count). The van der Waals surface area contributed by atoms with Gasteiger partial charge in [-0.05, 0) is 32.0 Å². The van der Waals surface area contributed by atoms with Crippen LogP contribution in [0.1, 0.15) is 25.5 Å². The molecular weight excluding hydrogens is 282 g/mol. The highest BCUT2D eigenvalue weighted by molar-refractivity contribution is 6.35. The summed E-state index contributed by atoms with van der Waals surface area (Å²) in [5.74, 6) is 0.880. The molecular formula is C18H18ClNO. The van der Waals surface area contributed by atoms with E-state index in [1.165, 1.54) is 0 Å². The molecule has 2 nitrogen and oxygen atoms in total. The Morgan fingerprint density at radius 1 is 1.05 bits per heavy atom. The number of fused-ring (bicyclic) bond motifs is 1. The predicted octanol–water partition coefficient (Wildman–Crippen LogP) is 5.45. The normalized spacial score (nSPS) is 11.2. The molecule has 0 atom stereocenters. The van der Waals surface area contributed by atoms with Crippen LogP contribution in [0.3, 0.4) is 0 Å². The summed E-state index contributed by atoms with van der Waals surface area (Å²) >= 11 is 6.38. The van der Waals surface area contributed by atoms with Crippen LogP contribution in [0.4, 0.5) is 0 Å². The zero-order valence-electron chi connectivity index (χ0n) is 12.2. The molecule has 0 aliphatic carbocycles. The van der Waals surface area contributed by atoms with Gasteiger partial charge in [0.15, 0.2) is 0 Å². The smallest absolute Gasteiger partial charge is 0.119 e. The van der Waals surface area contributed by atoms with Gasteiger partial charge in [-0.1, -0.05) is 41.9 Å². The Hall–Kier alpha value is -1.93. The standard InChI is InChI=1S/C18H18ClNO/c1-13(2)20-11-14(12-21-15-7-4-3-5-8-15)16-9-6-10-17(19)18(16)20/h3-11,13H,12H2,1-2H3. The fourth-order valence-electron chi connectivity index (χ4n) is 2.54. The van der Waals surface area contributed by atoms with E-state index in [1.54, 1.807) is 0 Å². The maximum Gasteiger partial charge on any atom is 0.119 e. The van der Waals surface area contributed by atoms with E-state index in [1.807, 2.05) is 42.5 Å². The van der Waals surface area contributed by atoms with Crippen LogP contribution in [0.15, 0.2) is 54.7 Å². The van der Waals surface area contributed by atoms with E-state index in [9.17, 15) is 0 Å². The molecule has 0 amide bonds. The van der Waals surface area contributed by atoms with E-state index in [-0.39, 0.29) is 0 Å². The molecule has 0 fully saturated rings. The summed E-state index contributed by atoms with van der Waals surface area (Å²) in [7, 11) is 0. The van der Waals surface area contributed by atoms with Crippen LogP contribution in [0.2, 0.25) is 5.02 Å². The van der Waals surface area contributed by atoms with Crippen molar-refractivity contribution in [3.8, 4) is 5.75 Å². The molecule has 0 saturated carbocycles. The predicted molar refractivity (Wildman–Crippen MR) is 88.1 cm³/mol. The Morgan fingerprint density at radius 2 is 1.81 bits per heavy atom. The Kier molecular flexibility index (Phi) is 3.89. The summed E-state index contributed by atoms with van der Waals surface area (Å²) in [6, 6.07) is 16.3. The third kappa shape index (κ3) is 2.77. The highest BCUT2D eigenvalue weighted by Crippen LogP contribution is 2.31. The monoisotopic (exact) mass is 299 g/mol. The van der Waals surface area contributed by atoms with Gasteiger partial charge in [-0.15, -0.1) is 0 Å². The zero-order chi connectivity index (χ0) is 14.8. The van der Waals surface area contributed by atoms with Crippen molar-refractivity contribution in [2.24, 2.45) is 0 Å². The van der Waals surface area contributed by atoms with Gasteiger partial charge in [0.1, 0.15) is 12.4 Å². The van der Waals surface area contributed by atoms with E-state index >= 15 is 0 Å². The molecule has 3 aromatic rings. The van der Waals surface area contributed by atoms with Crippen molar-refractivity contribution < 1.29 is 4.74 Å². The van der Waals surface area contributed by atoms with Crippen molar-refractivity contribution in [2.45, 2.75) is 26.5 Å². The minimum atomic E-state index is 0.359. The number of benzene rings is 2. The molecule has 0 saturated heterocycles. The third-order valence-corrected chi connectivity index (χ3v) is 3.88. The molecule has 0 aliphatic heterocycles. The number of aromatic nitrogens is 1. The first-order valence-electron chi connectivity index (χ1n) is 7.12. The van der Waals surface area contributed by atoms with Crippen molar-refractivity contribution in [3.63, 3.8) is 0 Å². The number of hydrogen-bond donors (Lipinski definition) is 0. The van der Waals surface area contributed by atoms with Gasteiger partial charge < -0.3 is 9.30 Å². The van der Waals surface area contributed by atoms with Gasteiger partial charge in [-0.2, -0.15) is 0 Å². The highest BCUT2D eigenvalue weighted by Gasteiger charge is 2.13. The Labute approximate surface area is 129 Å². The van der Waals surface area contributed by atoms with Gasteiger partial charge in [0.25, 0.3) is 0 Å². The molecule has 0 spiro atoms. The van der Waals surface area contributed by atoms with Crippen molar-refractivity contribution in [1.29, 1.82) is 0 Å². The summed E-state index contributed by atoms with van der Waals surface area (Å²) in [6.45, 7) is 4.86. The van der Waals surface area contributed by atoms with E-state index < -0.39 is 0 Å². The Bertz CT molecular complexity index is 747. The maximum atomic E-state index is 6.38. The number of hydrogen-bond acceptors (Lipinski definition) is 1. The first-order chi connectivity index (χ1) is 10.2. The molecule has 0 aliphatic rings. The van der Waals surface area contributed by atoms with Crippen LogP contribution >= 0.6 is 11.6 Å². The average molecular weight is 300 g/mol. The number of nitrogens with zero attached hydrogens (tertiary/aromatic N) is 1. The average Bonchev–Trinajstić information content (AvgIpc) is 2.87. The lowest BCUT2D eigenvalue weighted by molar-refractivity contribution is 0.307. The summed E-state index contributed by atoms with van der Waals surface area (Å²) in [4.78, 5) is 0. The zero-order valence-corrected chi connectivity index (χ0v) is 13.0. The van der Waals surface area contributed by atoms with E-state index in [0.717, 1.165) is 27.2 Å². The van der Waals surface area contributed by atoms with Crippen LogP contribution in [0, 0.1) is 0 Å². The first kappa shape index (κ1) is 14.0. The van der Waals surface area contributed by atoms with Crippen molar-refractivity contribution in [1.82, 2.24) is 4.57 Å². The highest BCUT2D eigenvalue weighted by atomic mass is 35.5. The lowest BCUT2D eigenvalue weighted by Crippen LogP contribution is -1.99. The van der Waals surface area contributed by atoms with E-state index in [2.05, 4.69) is 30.7 Å². The van der Waals surface area contributed by atoms with Crippen molar-refractivity contribution >= 4 is 22.5 Å². The van der Waals surface area contributed by atoms with Gasteiger partial charge in [-0.25, -0.2) is 0 Å². The second-order valence-corrected chi connectivity index (χ2v) is 5.80. The minimum absolute atomic E-state index is 0.359. The van der Waals surface area contributed by atoms with Crippen LogP contribution in [-0.4, -0.2) is 4.57 Å². The van der Waals surface area contributed by atoms with Crippen LogP contribution in [0.25, 0.3) is 10.9 Å². The molecule has 0 unspecified atom stereocenters. The lowest BCUT2D eigenvalue weighted by atomic mass is 10.2. The Balaban J connectivity index is 1.97. The van der Waals surface area contributed by atoms with Crippen LogP contribution in [0.5, 0.6) is 5.75 Å². The van der Waals surface area contributed by atoms with Gasteiger partial charge in [0.05, 0.1) is 10.5 Å². The molecule has 0 radical (unpaired) electrons. The van der Waals surface area contributed by atoms with Crippen molar-refractivity contribution in [2.75, 3.05) is 0 Å². The fourth-order valence-corrected chi connectivity index (χ4v) is 2.81. The molecule has 1 heterocycles. The topological polar surface area (TPSA) is 14.2 Å². The first-order valence-corrected chi connectivity index (χ1v) is 7.50. The van der Waals surface area contributed by atoms with Crippen LogP contribution in [-0.2, 0) is 6.61 Å². The molecule has 108 valence electrons. The number of para-hydroxylation sites is 2. The number of halogens is 1. The Morgan fingerprint density at radius 3 is 2.52 bits per heavy atom. The summed E-state index contributed by atoms with van der Waals surface area (Å²) < 4.78 is 8.09. The largest absolute Gasteiger partial charge is 0.489 e. The lowest BCUT2D eigenvalue weighted by Gasteiger charge is -2.09. The van der Waals surface area contributed by atoms with Gasteiger partial charge in [0.2, 0.25) is 0 Å². The van der Waals surface area contributed by atoms with Crippen molar-refractivity contribution in [3.05, 3.63) is 65.3 Å². The second-order valence-electron chi connectivity index (χ2n) is 5.39. The number of rotatable bonds is 4. The molecule has 21 heavy (non-hydrogen) atoms. The van der Waals surface area contributed by atoms with Gasteiger partial charge >= 0.3 is 0 Å². The summed E-state index contributed by atoms with van der Waals surface area (Å²) in [5, 5.41) is 1.94. The maximum absolute atomic E-state index is 6.38. The van der Waals surface area contributed by atoms with Gasteiger partial charge in [-0.3, -0.25) is 0 Å². The number of ether oxygens (including phenoxy) is 1. The molecule has 1 aromatic heterocycles. The SMILES string of the molecule is CC(C)n1cc(COc2ccccc2)c2cccc(Cl)c21.